The first-order valence-electron chi connectivity index (χ1n) is 4.71. The van der Waals surface area contributed by atoms with E-state index in [0.717, 1.165) is 6.92 Å². The molecule has 0 saturated carbocycles. The fourth-order valence-corrected chi connectivity index (χ4v) is 1.18. The molecule has 4 nitrogen and oxygen atoms in total. The van der Waals surface area contributed by atoms with Gasteiger partial charge in [-0.15, -0.1) is 0 Å². The van der Waals surface area contributed by atoms with Crippen LogP contribution in [0.15, 0.2) is 24.3 Å². The Labute approximate surface area is 92.2 Å². The molecule has 1 atom stereocenters. The number of carbonyl (C=O) groups excluding carboxylic acids is 2. The van der Waals surface area contributed by atoms with Gasteiger partial charge in [-0.25, -0.2) is 9.18 Å². The summed E-state index contributed by atoms with van der Waals surface area (Å²) in [7, 11) is 0. The van der Waals surface area contributed by atoms with Gasteiger partial charge in [0, 0.05) is 6.92 Å². The number of carbonyl (C=O) groups is 2. The van der Waals surface area contributed by atoms with Crippen molar-refractivity contribution in [3.63, 3.8) is 0 Å². The molecule has 1 unspecified atom stereocenters. The van der Waals surface area contributed by atoms with E-state index in [0.29, 0.717) is 5.56 Å². The van der Waals surface area contributed by atoms with Crippen LogP contribution in [0.3, 0.4) is 0 Å². The minimum Gasteiger partial charge on any atom is -0.392 e. The van der Waals surface area contributed by atoms with Crippen LogP contribution in [-0.4, -0.2) is 18.0 Å². The topological polar surface area (TPSA) is 69.4 Å². The smallest absolute Gasteiger partial charge is 0.330 e. The molecule has 0 radical (unpaired) electrons. The second-order valence-electron chi connectivity index (χ2n) is 3.35. The van der Waals surface area contributed by atoms with Crippen LogP contribution in [0.1, 0.15) is 12.5 Å². The van der Waals surface area contributed by atoms with Crippen molar-refractivity contribution in [2.75, 3.05) is 0 Å². The number of halogens is 1. The molecular weight excluding hydrogens is 213 g/mol. The summed E-state index contributed by atoms with van der Waals surface area (Å²) in [5.41, 5.74) is 6.22. The maximum absolute atomic E-state index is 12.6. The first-order valence-corrected chi connectivity index (χ1v) is 4.71. The van der Waals surface area contributed by atoms with E-state index in [4.69, 9.17) is 5.73 Å². The zero-order valence-electron chi connectivity index (χ0n) is 8.77. The Morgan fingerprint density at radius 1 is 1.38 bits per heavy atom. The molecule has 5 heteroatoms. The third-order valence-electron chi connectivity index (χ3n) is 1.92. The quantitative estimate of drug-likeness (QED) is 0.609. The fourth-order valence-electron chi connectivity index (χ4n) is 1.18. The summed E-state index contributed by atoms with van der Waals surface area (Å²) < 4.78 is 16.9. The Balaban J connectivity index is 2.57. The first-order chi connectivity index (χ1) is 7.49. The van der Waals surface area contributed by atoms with Crippen molar-refractivity contribution in [3.8, 4) is 0 Å². The van der Waals surface area contributed by atoms with Crippen molar-refractivity contribution >= 4 is 11.9 Å². The highest BCUT2D eigenvalue weighted by atomic mass is 19.1. The molecule has 0 spiro atoms. The molecule has 0 aliphatic carbocycles. The van der Waals surface area contributed by atoms with Gasteiger partial charge >= 0.3 is 11.9 Å². The Morgan fingerprint density at radius 2 is 1.94 bits per heavy atom. The number of hydrogen-bond acceptors (Lipinski definition) is 4. The van der Waals surface area contributed by atoms with E-state index in [2.05, 4.69) is 4.74 Å². The lowest BCUT2D eigenvalue weighted by Crippen LogP contribution is -2.35. The SMILES string of the molecule is CC(=O)OC(=O)C(N)Cc1ccc(F)cc1. The molecule has 1 aromatic rings. The van der Waals surface area contributed by atoms with E-state index >= 15 is 0 Å². The van der Waals surface area contributed by atoms with Gasteiger partial charge in [0.2, 0.25) is 0 Å². The molecule has 0 fully saturated rings. The van der Waals surface area contributed by atoms with Crippen LogP contribution < -0.4 is 5.73 Å². The average Bonchev–Trinajstić information content (AvgIpc) is 2.20. The van der Waals surface area contributed by atoms with Crippen molar-refractivity contribution in [1.82, 2.24) is 0 Å². The summed E-state index contributed by atoms with van der Waals surface area (Å²) in [6.07, 6.45) is 0.201. The third-order valence-corrected chi connectivity index (χ3v) is 1.92. The Bertz CT molecular complexity index is 389. The molecule has 0 amide bonds. The van der Waals surface area contributed by atoms with E-state index < -0.39 is 18.0 Å². The van der Waals surface area contributed by atoms with Crippen molar-refractivity contribution in [1.29, 1.82) is 0 Å². The van der Waals surface area contributed by atoms with Gasteiger partial charge in [0.05, 0.1) is 0 Å². The van der Waals surface area contributed by atoms with Gasteiger partial charge in [0.25, 0.3) is 0 Å². The summed E-state index contributed by atoms with van der Waals surface area (Å²) in [5.74, 6) is -1.83. The van der Waals surface area contributed by atoms with Crippen molar-refractivity contribution in [2.24, 2.45) is 5.73 Å². The molecule has 0 aliphatic rings. The molecule has 16 heavy (non-hydrogen) atoms. The molecule has 0 aromatic heterocycles. The number of ether oxygens (including phenoxy) is 1. The van der Waals surface area contributed by atoms with E-state index in [1.165, 1.54) is 24.3 Å². The molecule has 0 saturated heterocycles. The summed E-state index contributed by atoms with van der Waals surface area (Å²) in [5, 5.41) is 0. The molecule has 1 aromatic carbocycles. The molecular formula is C11H12FNO3. The lowest BCUT2D eigenvalue weighted by molar-refractivity contribution is -0.159. The van der Waals surface area contributed by atoms with Gasteiger partial charge < -0.3 is 10.5 Å². The number of esters is 2. The van der Waals surface area contributed by atoms with Crippen LogP contribution in [0.2, 0.25) is 0 Å². The summed E-state index contributed by atoms with van der Waals surface area (Å²) in [6.45, 7) is 1.13. The Hall–Kier alpha value is -1.75. The Morgan fingerprint density at radius 3 is 2.44 bits per heavy atom. The largest absolute Gasteiger partial charge is 0.392 e. The fraction of sp³-hybridized carbons (Fsp3) is 0.273. The zero-order valence-corrected chi connectivity index (χ0v) is 8.77. The van der Waals surface area contributed by atoms with E-state index in [1.807, 2.05) is 0 Å². The van der Waals surface area contributed by atoms with Crippen LogP contribution in [0.25, 0.3) is 0 Å². The predicted molar refractivity (Wildman–Crippen MR) is 54.9 cm³/mol. The lowest BCUT2D eigenvalue weighted by atomic mass is 10.1. The second kappa shape index (κ2) is 5.37. The molecule has 0 heterocycles. The second-order valence-corrected chi connectivity index (χ2v) is 3.35. The number of nitrogens with two attached hydrogens (primary N) is 1. The predicted octanol–water partition coefficient (Wildman–Crippen LogP) is 0.785. The van der Waals surface area contributed by atoms with Crippen LogP contribution in [-0.2, 0) is 20.7 Å². The van der Waals surface area contributed by atoms with Gasteiger partial charge in [0.15, 0.2) is 0 Å². The van der Waals surface area contributed by atoms with Gasteiger partial charge in [0.1, 0.15) is 11.9 Å². The third kappa shape index (κ3) is 3.78. The van der Waals surface area contributed by atoms with Crippen LogP contribution in [0.4, 0.5) is 4.39 Å². The highest BCUT2D eigenvalue weighted by Gasteiger charge is 2.17. The molecule has 1 rings (SSSR count). The van der Waals surface area contributed by atoms with Crippen molar-refractivity contribution in [2.45, 2.75) is 19.4 Å². The van der Waals surface area contributed by atoms with Gasteiger partial charge in [-0.2, -0.15) is 0 Å². The van der Waals surface area contributed by atoms with Gasteiger partial charge in [-0.1, -0.05) is 12.1 Å². The molecule has 0 aliphatic heterocycles. The monoisotopic (exact) mass is 225 g/mol. The van der Waals surface area contributed by atoms with Crippen LogP contribution in [0.5, 0.6) is 0 Å². The highest BCUT2D eigenvalue weighted by Crippen LogP contribution is 2.05. The van der Waals surface area contributed by atoms with Gasteiger partial charge in [-0.05, 0) is 24.1 Å². The minimum absolute atomic E-state index is 0.201. The number of hydrogen-bond donors (Lipinski definition) is 1. The maximum atomic E-state index is 12.6. The standard InChI is InChI=1S/C11H12FNO3/c1-7(14)16-11(15)10(13)6-8-2-4-9(12)5-3-8/h2-5,10H,6,13H2,1H3. The van der Waals surface area contributed by atoms with Crippen molar-refractivity contribution < 1.29 is 18.7 Å². The van der Waals surface area contributed by atoms with E-state index in [9.17, 15) is 14.0 Å². The molecule has 2 N–H and O–H groups in total. The summed E-state index contributed by atoms with van der Waals surface area (Å²) in [4.78, 5) is 21.7. The van der Waals surface area contributed by atoms with Crippen LogP contribution >= 0.6 is 0 Å². The lowest BCUT2D eigenvalue weighted by Gasteiger charge is -2.09. The Kier molecular flexibility index (Phi) is 4.13. The number of benzene rings is 1. The normalized spacial score (nSPS) is 11.9. The first kappa shape index (κ1) is 12.3. The van der Waals surface area contributed by atoms with E-state index in [-0.39, 0.29) is 12.2 Å². The van der Waals surface area contributed by atoms with Gasteiger partial charge in [-0.3, -0.25) is 4.79 Å². The van der Waals surface area contributed by atoms with Crippen LogP contribution in [0, 0.1) is 5.82 Å². The summed E-state index contributed by atoms with van der Waals surface area (Å²) >= 11 is 0. The number of rotatable bonds is 3. The summed E-state index contributed by atoms with van der Waals surface area (Å²) in [6, 6.07) is 4.68. The van der Waals surface area contributed by atoms with E-state index in [1.54, 1.807) is 0 Å². The zero-order chi connectivity index (χ0) is 12.1. The maximum Gasteiger partial charge on any atom is 0.330 e. The highest BCUT2D eigenvalue weighted by molar-refractivity contribution is 5.87. The van der Waals surface area contributed by atoms with Crippen molar-refractivity contribution in [3.05, 3.63) is 35.6 Å². The average molecular weight is 225 g/mol. The molecule has 86 valence electrons. The molecule has 0 bridgehead atoms. The minimum atomic E-state index is -0.922.